The van der Waals surface area contributed by atoms with E-state index in [0.717, 1.165) is 26.1 Å². The van der Waals surface area contributed by atoms with Gasteiger partial charge in [0.25, 0.3) is 0 Å². The minimum Gasteiger partial charge on any atom is -0.339 e. The Balaban J connectivity index is 1.41. The van der Waals surface area contributed by atoms with Crippen LogP contribution in [0.3, 0.4) is 0 Å². The molecule has 7 nitrogen and oxygen atoms in total. The highest BCUT2D eigenvalue weighted by molar-refractivity contribution is 5.76. The third-order valence-corrected chi connectivity index (χ3v) is 5.01. The zero-order valence-electron chi connectivity index (χ0n) is 13.5. The van der Waals surface area contributed by atoms with Crippen molar-refractivity contribution in [2.45, 2.75) is 19.0 Å². The molecule has 1 aromatic carbocycles. The number of nitrogens with zero attached hydrogens (tertiary/aromatic N) is 6. The average molecular weight is 330 g/mol. The fraction of sp³-hybridized carbons (Fsp3) is 0.500. The van der Waals surface area contributed by atoms with Crippen molar-refractivity contribution in [1.29, 1.82) is 0 Å². The van der Waals surface area contributed by atoms with Crippen LogP contribution in [0.2, 0.25) is 0 Å². The number of benzene rings is 1. The van der Waals surface area contributed by atoms with E-state index in [9.17, 15) is 9.18 Å². The lowest BCUT2D eigenvalue weighted by Crippen LogP contribution is -2.37. The molecule has 0 unspecified atom stereocenters. The van der Waals surface area contributed by atoms with Crippen LogP contribution in [0.4, 0.5) is 4.39 Å². The summed E-state index contributed by atoms with van der Waals surface area (Å²) in [6.45, 7) is 2.78. The molecule has 0 radical (unpaired) electrons. The molecule has 1 aromatic heterocycles. The van der Waals surface area contributed by atoms with Crippen molar-refractivity contribution >= 4 is 5.91 Å². The summed E-state index contributed by atoms with van der Waals surface area (Å²) in [7, 11) is 2.12. The predicted octanol–water partition coefficient (Wildman–Crippen LogP) is 0.642. The Morgan fingerprint density at radius 2 is 2.08 bits per heavy atom. The van der Waals surface area contributed by atoms with Gasteiger partial charge in [0, 0.05) is 24.7 Å². The van der Waals surface area contributed by atoms with Crippen molar-refractivity contribution < 1.29 is 9.18 Å². The molecule has 2 fully saturated rings. The maximum absolute atomic E-state index is 13.0. The lowest BCUT2D eigenvalue weighted by Gasteiger charge is -2.20. The summed E-state index contributed by atoms with van der Waals surface area (Å²) in [5, 5.41) is 12.1. The Morgan fingerprint density at radius 3 is 2.83 bits per heavy atom. The second-order valence-corrected chi connectivity index (χ2v) is 6.55. The number of halogens is 1. The third kappa shape index (κ3) is 2.77. The van der Waals surface area contributed by atoms with Gasteiger partial charge in [-0.3, -0.25) is 4.79 Å². The summed E-state index contributed by atoms with van der Waals surface area (Å²) >= 11 is 0. The van der Waals surface area contributed by atoms with Gasteiger partial charge in [0.15, 0.2) is 0 Å². The van der Waals surface area contributed by atoms with Gasteiger partial charge in [-0.15, -0.1) is 10.2 Å². The molecule has 0 spiro atoms. The summed E-state index contributed by atoms with van der Waals surface area (Å²) in [6.07, 6.45) is 1.15. The van der Waals surface area contributed by atoms with Gasteiger partial charge in [0.05, 0.1) is 0 Å². The topological polar surface area (TPSA) is 67.2 Å². The number of carbonyl (C=O) groups excluding carboxylic acids is 1. The van der Waals surface area contributed by atoms with Crippen molar-refractivity contribution in [2.75, 3.05) is 26.7 Å². The Hall–Kier alpha value is -2.35. The van der Waals surface area contributed by atoms with Gasteiger partial charge in [-0.05, 0) is 55.4 Å². The molecule has 126 valence electrons. The minimum absolute atomic E-state index is 0.0147. The minimum atomic E-state index is -0.314. The number of rotatable bonds is 3. The van der Waals surface area contributed by atoms with Gasteiger partial charge in [-0.25, -0.2) is 4.39 Å². The van der Waals surface area contributed by atoms with E-state index in [0.29, 0.717) is 23.3 Å². The van der Waals surface area contributed by atoms with Gasteiger partial charge in [0.1, 0.15) is 12.4 Å². The average Bonchev–Trinajstić information content (AvgIpc) is 3.26. The number of hydrogen-bond acceptors (Lipinski definition) is 5. The van der Waals surface area contributed by atoms with E-state index >= 15 is 0 Å². The van der Waals surface area contributed by atoms with Gasteiger partial charge in [-0.1, -0.05) is 0 Å². The lowest BCUT2D eigenvalue weighted by atomic mass is 10.1. The van der Waals surface area contributed by atoms with Gasteiger partial charge < -0.3 is 9.80 Å². The van der Waals surface area contributed by atoms with Crippen LogP contribution in [-0.4, -0.2) is 68.6 Å². The van der Waals surface area contributed by atoms with E-state index in [-0.39, 0.29) is 18.3 Å². The molecule has 0 bridgehead atoms. The zero-order chi connectivity index (χ0) is 16.7. The molecule has 0 N–H and O–H groups in total. The fourth-order valence-corrected chi connectivity index (χ4v) is 3.62. The summed E-state index contributed by atoms with van der Waals surface area (Å²) < 4.78 is 13.0. The van der Waals surface area contributed by atoms with Crippen LogP contribution in [-0.2, 0) is 11.3 Å². The van der Waals surface area contributed by atoms with Crippen LogP contribution in [0.5, 0.6) is 0 Å². The van der Waals surface area contributed by atoms with Crippen molar-refractivity contribution in [3.8, 4) is 11.4 Å². The van der Waals surface area contributed by atoms with E-state index < -0.39 is 0 Å². The molecule has 2 aliphatic heterocycles. The summed E-state index contributed by atoms with van der Waals surface area (Å²) in [6, 6.07) is 6.36. The zero-order valence-corrected chi connectivity index (χ0v) is 13.5. The Morgan fingerprint density at radius 1 is 1.29 bits per heavy atom. The normalized spacial score (nSPS) is 23.7. The molecule has 2 saturated heterocycles. The highest BCUT2D eigenvalue weighted by Crippen LogP contribution is 2.30. The Labute approximate surface area is 139 Å². The molecule has 2 aliphatic rings. The molecule has 0 aliphatic carbocycles. The van der Waals surface area contributed by atoms with Crippen LogP contribution in [0.1, 0.15) is 6.42 Å². The second kappa shape index (κ2) is 5.94. The molecular formula is C16H19FN6O. The summed E-state index contributed by atoms with van der Waals surface area (Å²) in [4.78, 5) is 18.0. The van der Waals surface area contributed by atoms with Crippen LogP contribution >= 0.6 is 0 Å². The monoisotopic (exact) mass is 330 g/mol. The molecule has 2 aromatic rings. The molecule has 24 heavy (non-hydrogen) atoms. The van der Waals surface area contributed by atoms with E-state index in [2.05, 4.69) is 27.4 Å². The highest BCUT2D eigenvalue weighted by atomic mass is 19.1. The van der Waals surface area contributed by atoms with E-state index in [1.165, 1.54) is 16.9 Å². The van der Waals surface area contributed by atoms with E-state index in [1.807, 2.05) is 4.90 Å². The number of likely N-dealkylation sites (tertiary alicyclic amines) is 2. The van der Waals surface area contributed by atoms with E-state index in [4.69, 9.17) is 0 Å². The van der Waals surface area contributed by atoms with E-state index in [1.54, 1.807) is 12.1 Å². The predicted molar refractivity (Wildman–Crippen MR) is 84.3 cm³/mol. The first-order valence-corrected chi connectivity index (χ1v) is 8.12. The number of fused-ring (bicyclic) bond motifs is 1. The van der Waals surface area contributed by atoms with Crippen molar-refractivity contribution in [3.05, 3.63) is 30.1 Å². The number of hydrogen-bond donors (Lipinski definition) is 0. The molecular weight excluding hydrogens is 311 g/mol. The fourth-order valence-electron chi connectivity index (χ4n) is 3.62. The van der Waals surface area contributed by atoms with Gasteiger partial charge in [0.2, 0.25) is 11.7 Å². The summed E-state index contributed by atoms with van der Waals surface area (Å²) in [5.41, 5.74) is 0.674. The maximum Gasteiger partial charge on any atom is 0.246 e. The number of tetrazole rings is 1. The van der Waals surface area contributed by atoms with Crippen molar-refractivity contribution in [3.63, 3.8) is 0 Å². The highest BCUT2D eigenvalue weighted by Gasteiger charge is 2.41. The van der Waals surface area contributed by atoms with Gasteiger partial charge in [-0.2, -0.15) is 4.80 Å². The number of amides is 1. The molecule has 3 heterocycles. The van der Waals surface area contributed by atoms with Crippen molar-refractivity contribution in [2.24, 2.45) is 5.92 Å². The first-order valence-electron chi connectivity index (χ1n) is 8.12. The maximum atomic E-state index is 13.0. The largest absolute Gasteiger partial charge is 0.339 e. The van der Waals surface area contributed by atoms with Crippen molar-refractivity contribution in [1.82, 2.24) is 30.0 Å². The first kappa shape index (κ1) is 15.2. The molecule has 0 saturated carbocycles. The van der Waals surface area contributed by atoms with Crippen LogP contribution in [0, 0.1) is 11.7 Å². The smallest absolute Gasteiger partial charge is 0.246 e. The standard InChI is InChI=1S/C16H19FN6O/c1-21-7-6-12-8-22(9-14(12)21)15(24)10-23-19-16(18-20-23)11-2-4-13(17)5-3-11/h2-5,12,14H,6-10H2,1H3/t12-,14+/m1/s1. The summed E-state index contributed by atoms with van der Waals surface area (Å²) in [5.74, 6) is 0.671. The third-order valence-electron chi connectivity index (χ3n) is 5.01. The molecule has 2 atom stereocenters. The number of aromatic nitrogens is 4. The van der Waals surface area contributed by atoms with Crippen LogP contribution < -0.4 is 0 Å². The SMILES string of the molecule is CN1CC[C@@H]2CN(C(=O)Cn3nnc(-c4ccc(F)cc4)n3)C[C@@H]21. The number of likely N-dealkylation sites (N-methyl/N-ethyl adjacent to an activating group) is 1. The second-order valence-electron chi connectivity index (χ2n) is 6.55. The Bertz CT molecular complexity index is 745. The molecule has 8 heteroatoms. The quantitative estimate of drug-likeness (QED) is 0.826. The van der Waals surface area contributed by atoms with Gasteiger partial charge >= 0.3 is 0 Å². The molecule has 4 rings (SSSR count). The lowest BCUT2D eigenvalue weighted by molar-refractivity contribution is -0.131. The Kier molecular flexibility index (Phi) is 3.76. The number of carbonyl (C=O) groups is 1. The van der Waals surface area contributed by atoms with Crippen LogP contribution in [0.25, 0.3) is 11.4 Å². The van der Waals surface area contributed by atoms with Crippen LogP contribution in [0.15, 0.2) is 24.3 Å². The molecule has 1 amide bonds. The first-order chi connectivity index (χ1) is 11.6.